The average Bonchev–Trinajstić information content (AvgIpc) is 2.56. The van der Waals surface area contributed by atoms with Crippen LogP contribution in [-0.4, -0.2) is 36.3 Å². The zero-order valence-corrected chi connectivity index (χ0v) is 13.0. The lowest BCUT2D eigenvalue weighted by atomic mass is 10.2. The highest BCUT2D eigenvalue weighted by Crippen LogP contribution is 2.01. The van der Waals surface area contributed by atoms with Gasteiger partial charge in [-0.05, 0) is 25.5 Å². The Morgan fingerprint density at radius 2 is 2.05 bits per heavy atom. The van der Waals surface area contributed by atoms with E-state index < -0.39 is 0 Å². The van der Waals surface area contributed by atoms with Gasteiger partial charge in [-0.2, -0.15) is 5.26 Å². The second-order valence-electron chi connectivity index (χ2n) is 4.92. The van der Waals surface area contributed by atoms with Crippen LogP contribution in [0.5, 0.6) is 0 Å². The number of hydrogen-bond donors (Lipinski definition) is 1. The van der Waals surface area contributed by atoms with Crippen LogP contribution in [0.4, 0.5) is 0 Å². The monoisotopic (exact) mass is 299 g/mol. The Morgan fingerprint density at radius 3 is 2.64 bits per heavy atom. The third kappa shape index (κ3) is 6.23. The van der Waals surface area contributed by atoms with E-state index in [4.69, 9.17) is 5.26 Å². The smallest absolute Gasteiger partial charge is 0.244 e. The zero-order valence-electron chi connectivity index (χ0n) is 13.0. The molecule has 1 rings (SSSR count). The summed E-state index contributed by atoms with van der Waals surface area (Å²) >= 11 is 0. The van der Waals surface area contributed by atoms with Gasteiger partial charge in [0.2, 0.25) is 11.8 Å². The molecule has 0 heterocycles. The van der Waals surface area contributed by atoms with Crippen LogP contribution < -0.4 is 5.32 Å². The summed E-state index contributed by atoms with van der Waals surface area (Å²) in [6.45, 7) is 4.43. The molecule has 0 bridgehead atoms. The Bertz CT molecular complexity index is 561. The minimum absolute atomic E-state index is 0.0655. The van der Waals surface area contributed by atoms with Crippen LogP contribution in [0.15, 0.2) is 36.4 Å². The van der Waals surface area contributed by atoms with E-state index in [1.54, 1.807) is 17.9 Å². The third-order valence-corrected chi connectivity index (χ3v) is 3.09. The van der Waals surface area contributed by atoms with Crippen LogP contribution >= 0.6 is 0 Å². The molecule has 0 aliphatic heterocycles. The molecule has 116 valence electrons. The van der Waals surface area contributed by atoms with Crippen LogP contribution in [0.1, 0.15) is 19.4 Å². The first-order chi connectivity index (χ1) is 10.6. The van der Waals surface area contributed by atoms with Crippen molar-refractivity contribution < 1.29 is 9.59 Å². The Hall–Kier alpha value is -2.61. The minimum atomic E-state index is -0.318. The quantitative estimate of drug-likeness (QED) is 0.781. The molecule has 0 aliphatic rings. The van der Waals surface area contributed by atoms with Crippen molar-refractivity contribution in [2.24, 2.45) is 5.92 Å². The second kappa shape index (κ2) is 9.35. The third-order valence-electron chi connectivity index (χ3n) is 3.09. The number of hydrogen-bond acceptors (Lipinski definition) is 3. The summed E-state index contributed by atoms with van der Waals surface area (Å²) < 4.78 is 0. The molecule has 0 saturated carbocycles. The normalized spacial score (nSPS) is 11.7. The highest BCUT2D eigenvalue weighted by Gasteiger charge is 2.14. The van der Waals surface area contributed by atoms with Crippen molar-refractivity contribution in [3.8, 4) is 6.07 Å². The van der Waals surface area contributed by atoms with Gasteiger partial charge in [0, 0.05) is 19.2 Å². The number of nitriles is 1. The van der Waals surface area contributed by atoms with Gasteiger partial charge in [0.1, 0.15) is 0 Å². The van der Waals surface area contributed by atoms with E-state index in [9.17, 15) is 9.59 Å². The summed E-state index contributed by atoms with van der Waals surface area (Å²) in [7, 11) is 0. The minimum Gasteiger partial charge on any atom is -0.343 e. The van der Waals surface area contributed by atoms with Gasteiger partial charge in [-0.1, -0.05) is 30.3 Å². The molecule has 1 aromatic carbocycles. The summed E-state index contributed by atoms with van der Waals surface area (Å²) in [5, 5.41) is 11.3. The molecule has 0 fully saturated rings. The molecular formula is C17H21N3O2. The van der Waals surface area contributed by atoms with Crippen molar-refractivity contribution in [3.63, 3.8) is 0 Å². The van der Waals surface area contributed by atoms with E-state index >= 15 is 0 Å². The first-order valence-electron chi connectivity index (χ1n) is 7.25. The highest BCUT2D eigenvalue weighted by atomic mass is 16.2. The first-order valence-corrected chi connectivity index (χ1v) is 7.25. The molecule has 0 saturated heterocycles. The van der Waals surface area contributed by atoms with Crippen LogP contribution in [0.3, 0.4) is 0 Å². The number of nitrogens with one attached hydrogen (secondary N) is 1. The fraction of sp³-hybridized carbons (Fsp3) is 0.353. The summed E-state index contributed by atoms with van der Waals surface area (Å²) in [5.74, 6) is -0.731. The maximum atomic E-state index is 12.0. The Balaban J connectivity index is 2.44. The molecule has 1 atom stereocenters. The number of carbonyl (C=O) groups excluding carboxylic acids is 2. The average molecular weight is 299 g/mol. The van der Waals surface area contributed by atoms with Crippen molar-refractivity contribution in [3.05, 3.63) is 42.0 Å². The summed E-state index contributed by atoms with van der Waals surface area (Å²) in [6.07, 6.45) is 3.09. The molecule has 5 heteroatoms. The van der Waals surface area contributed by atoms with E-state index in [0.717, 1.165) is 5.56 Å². The number of nitrogens with zero attached hydrogens (tertiary/aromatic N) is 2. The molecule has 0 spiro atoms. The molecule has 1 N–H and O–H groups in total. The molecule has 5 nitrogen and oxygen atoms in total. The molecule has 2 amide bonds. The van der Waals surface area contributed by atoms with Crippen LogP contribution in [-0.2, 0) is 9.59 Å². The lowest BCUT2D eigenvalue weighted by Crippen LogP contribution is -2.41. The van der Waals surface area contributed by atoms with Crippen molar-refractivity contribution >= 4 is 17.9 Å². The topological polar surface area (TPSA) is 73.2 Å². The largest absolute Gasteiger partial charge is 0.343 e. The number of benzene rings is 1. The van der Waals surface area contributed by atoms with Gasteiger partial charge in [0.15, 0.2) is 0 Å². The second-order valence-corrected chi connectivity index (χ2v) is 4.92. The Morgan fingerprint density at radius 1 is 1.36 bits per heavy atom. The summed E-state index contributed by atoms with van der Waals surface area (Å²) in [6, 6.07) is 11.5. The van der Waals surface area contributed by atoms with Crippen LogP contribution in [0, 0.1) is 17.2 Å². The van der Waals surface area contributed by atoms with Crippen molar-refractivity contribution in [1.29, 1.82) is 5.26 Å². The Labute approximate surface area is 131 Å². The number of carbonyl (C=O) groups is 2. The lowest BCUT2D eigenvalue weighted by Gasteiger charge is -2.21. The summed E-state index contributed by atoms with van der Waals surface area (Å²) in [4.78, 5) is 25.2. The first kappa shape index (κ1) is 17.4. The fourth-order valence-corrected chi connectivity index (χ4v) is 1.85. The number of likely N-dealkylation sites (N-methyl/N-ethyl adjacent to an activating group) is 1. The van der Waals surface area contributed by atoms with Crippen LogP contribution in [0.2, 0.25) is 0 Å². The molecular weight excluding hydrogens is 278 g/mol. The molecule has 0 aromatic heterocycles. The van der Waals surface area contributed by atoms with Gasteiger partial charge in [-0.15, -0.1) is 0 Å². The molecule has 1 aromatic rings. The predicted molar refractivity (Wildman–Crippen MR) is 85.5 cm³/mol. The van der Waals surface area contributed by atoms with Gasteiger partial charge in [-0.3, -0.25) is 9.59 Å². The molecule has 0 unspecified atom stereocenters. The van der Waals surface area contributed by atoms with E-state index in [1.165, 1.54) is 6.08 Å². The molecule has 0 aliphatic carbocycles. The highest BCUT2D eigenvalue weighted by molar-refractivity contribution is 5.94. The number of amides is 2. The number of rotatable bonds is 7. The van der Waals surface area contributed by atoms with Gasteiger partial charge >= 0.3 is 0 Å². The van der Waals surface area contributed by atoms with E-state index in [2.05, 4.69) is 11.4 Å². The Kier molecular flexibility index (Phi) is 7.41. The predicted octanol–water partition coefficient (Wildman–Crippen LogP) is 1.82. The zero-order chi connectivity index (χ0) is 16.4. The van der Waals surface area contributed by atoms with Crippen LogP contribution in [0.25, 0.3) is 6.08 Å². The van der Waals surface area contributed by atoms with E-state index in [0.29, 0.717) is 13.1 Å². The lowest BCUT2D eigenvalue weighted by molar-refractivity contribution is -0.132. The molecule has 0 radical (unpaired) electrons. The van der Waals surface area contributed by atoms with E-state index in [-0.39, 0.29) is 24.3 Å². The summed E-state index contributed by atoms with van der Waals surface area (Å²) in [5.41, 5.74) is 0.919. The van der Waals surface area contributed by atoms with Crippen molar-refractivity contribution in [2.45, 2.75) is 13.8 Å². The fourth-order valence-electron chi connectivity index (χ4n) is 1.85. The van der Waals surface area contributed by atoms with Crippen molar-refractivity contribution in [1.82, 2.24) is 10.2 Å². The van der Waals surface area contributed by atoms with Crippen molar-refractivity contribution in [2.75, 3.05) is 19.6 Å². The van der Waals surface area contributed by atoms with Gasteiger partial charge in [0.05, 0.1) is 18.5 Å². The van der Waals surface area contributed by atoms with Gasteiger partial charge in [-0.25, -0.2) is 0 Å². The maximum Gasteiger partial charge on any atom is 0.244 e. The van der Waals surface area contributed by atoms with Gasteiger partial charge in [0.25, 0.3) is 0 Å². The maximum absolute atomic E-state index is 12.0. The SMILES string of the molecule is CCN(C[C@H](C)C#N)C(=O)CNC(=O)/C=C\c1ccccc1. The molecule has 22 heavy (non-hydrogen) atoms. The standard InChI is InChI=1S/C17H21N3O2/c1-3-20(13-14(2)11-18)17(22)12-19-16(21)10-9-15-7-5-4-6-8-15/h4-10,14H,3,12-13H2,1-2H3,(H,19,21)/b10-9-/t14-/m1/s1. The van der Waals surface area contributed by atoms with E-state index in [1.807, 2.05) is 37.3 Å². The van der Waals surface area contributed by atoms with Gasteiger partial charge < -0.3 is 10.2 Å².